The molecule has 3 nitrogen and oxygen atoms in total. The highest BCUT2D eigenvalue weighted by Gasteiger charge is 2.35. The van der Waals surface area contributed by atoms with Crippen LogP contribution in [0.25, 0.3) is 0 Å². The van der Waals surface area contributed by atoms with Crippen LogP contribution in [0.4, 0.5) is 0 Å². The third kappa shape index (κ3) is 2.35. The summed E-state index contributed by atoms with van der Waals surface area (Å²) in [6.07, 6.45) is 7.77. The molecule has 2 N–H and O–H groups in total. The van der Waals surface area contributed by atoms with Gasteiger partial charge in [0.25, 0.3) is 0 Å². The SMILES string of the molecule is CN[C@H]1CCCC[C@@H]1N1CCC[C@@H]1CO. The van der Waals surface area contributed by atoms with Crippen LogP contribution in [0, 0.1) is 0 Å². The molecule has 0 bridgehead atoms. The number of rotatable bonds is 3. The van der Waals surface area contributed by atoms with Gasteiger partial charge in [0.2, 0.25) is 0 Å². The molecule has 1 aliphatic heterocycles. The number of aliphatic hydroxyl groups is 1. The molecule has 2 aliphatic rings. The summed E-state index contributed by atoms with van der Waals surface area (Å²) in [4.78, 5) is 2.56. The second kappa shape index (κ2) is 5.28. The normalized spacial score (nSPS) is 38.4. The van der Waals surface area contributed by atoms with Crippen LogP contribution in [0.1, 0.15) is 38.5 Å². The summed E-state index contributed by atoms with van der Waals surface area (Å²) in [6, 6.07) is 1.75. The zero-order valence-electron chi connectivity index (χ0n) is 9.78. The molecule has 3 heteroatoms. The molecule has 0 amide bonds. The fourth-order valence-electron chi connectivity index (χ4n) is 3.34. The van der Waals surface area contributed by atoms with Crippen molar-refractivity contribution in [1.82, 2.24) is 10.2 Å². The Bertz CT molecular complexity index is 198. The van der Waals surface area contributed by atoms with Gasteiger partial charge >= 0.3 is 0 Å². The largest absolute Gasteiger partial charge is 0.395 e. The lowest BCUT2D eigenvalue weighted by molar-refractivity contribution is 0.0792. The van der Waals surface area contributed by atoms with Gasteiger partial charge in [0, 0.05) is 18.1 Å². The summed E-state index contributed by atoms with van der Waals surface area (Å²) < 4.78 is 0. The molecule has 1 saturated carbocycles. The van der Waals surface area contributed by atoms with Crippen molar-refractivity contribution in [3.05, 3.63) is 0 Å². The van der Waals surface area contributed by atoms with E-state index in [1.165, 1.54) is 45.1 Å². The number of likely N-dealkylation sites (tertiary alicyclic amines) is 1. The highest BCUT2D eigenvalue weighted by Crippen LogP contribution is 2.29. The topological polar surface area (TPSA) is 35.5 Å². The Labute approximate surface area is 92.8 Å². The van der Waals surface area contributed by atoms with Gasteiger partial charge in [-0.1, -0.05) is 12.8 Å². The summed E-state index contributed by atoms with van der Waals surface area (Å²) >= 11 is 0. The highest BCUT2D eigenvalue weighted by atomic mass is 16.3. The Kier molecular flexibility index (Phi) is 4.00. The first-order valence-corrected chi connectivity index (χ1v) is 6.40. The van der Waals surface area contributed by atoms with Gasteiger partial charge in [-0.05, 0) is 39.3 Å². The number of aliphatic hydroxyl groups excluding tert-OH is 1. The van der Waals surface area contributed by atoms with E-state index >= 15 is 0 Å². The van der Waals surface area contributed by atoms with Gasteiger partial charge in [0.15, 0.2) is 0 Å². The summed E-state index contributed by atoms with van der Waals surface area (Å²) in [7, 11) is 2.08. The fraction of sp³-hybridized carbons (Fsp3) is 1.00. The Morgan fingerprint density at radius 1 is 1.20 bits per heavy atom. The molecular weight excluding hydrogens is 188 g/mol. The van der Waals surface area contributed by atoms with Crippen LogP contribution in [0.2, 0.25) is 0 Å². The Morgan fingerprint density at radius 3 is 2.73 bits per heavy atom. The van der Waals surface area contributed by atoms with Crippen LogP contribution in [0.5, 0.6) is 0 Å². The molecular formula is C12H24N2O. The standard InChI is InChI=1S/C12H24N2O/c1-13-11-6-2-3-7-12(11)14-8-4-5-10(14)9-15/h10-13,15H,2-9H2,1H3/t10-,11+,12+/m1/s1. The van der Waals surface area contributed by atoms with Gasteiger partial charge in [-0.25, -0.2) is 0 Å². The number of likely N-dealkylation sites (N-methyl/N-ethyl adjacent to an activating group) is 1. The van der Waals surface area contributed by atoms with Gasteiger partial charge in [-0.15, -0.1) is 0 Å². The Hall–Kier alpha value is -0.120. The van der Waals surface area contributed by atoms with Crippen molar-refractivity contribution >= 4 is 0 Å². The molecule has 3 atom stereocenters. The van der Waals surface area contributed by atoms with E-state index in [2.05, 4.69) is 17.3 Å². The lowest BCUT2D eigenvalue weighted by atomic mass is 9.89. The van der Waals surface area contributed by atoms with Gasteiger partial charge in [-0.3, -0.25) is 4.90 Å². The Balaban J connectivity index is 1.99. The van der Waals surface area contributed by atoms with Crippen molar-refractivity contribution in [3.8, 4) is 0 Å². The molecule has 0 aromatic heterocycles. The van der Waals surface area contributed by atoms with Crippen LogP contribution in [-0.4, -0.2) is 48.3 Å². The van der Waals surface area contributed by atoms with Gasteiger partial charge < -0.3 is 10.4 Å². The second-order valence-corrected chi connectivity index (χ2v) is 4.96. The molecule has 1 heterocycles. The van der Waals surface area contributed by atoms with Crippen LogP contribution in [0.15, 0.2) is 0 Å². The van der Waals surface area contributed by atoms with Crippen molar-refractivity contribution in [3.63, 3.8) is 0 Å². The van der Waals surface area contributed by atoms with E-state index < -0.39 is 0 Å². The number of hydrogen-bond acceptors (Lipinski definition) is 3. The maximum Gasteiger partial charge on any atom is 0.0587 e. The van der Waals surface area contributed by atoms with Crippen molar-refractivity contribution in [1.29, 1.82) is 0 Å². The van der Waals surface area contributed by atoms with Crippen LogP contribution in [0.3, 0.4) is 0 Å². The van der Waals surface area contributed by atoms with Crippen LogP contribution >= 0.6 is 0 Å². The fourth-order valence-corrected chi connectivity index (χ4v) is 3.34. The number of hydrogen-bond donors (Lipinski definition) is 2. The van der Waals surface area contributed by atoms with Gasteiger partial charge in [0.1, 0.15) is 0 Å². The average Bonchev–Trinajstić information content (AvgIpc) is 2.76. The van der Waals surface area contributed by atoms with Crippen molar-refractivity contribution in [2.75, 3.05) is 20.2 Å². The first-order valence-electron chi connectivity index (χ1n) is 6.40. The highest BCUT2D eigenvalue weighted by molar-refractivity contribution is 4.92. The quantitative estimate of drug-likeness (QED) is 0.732. The molecule has 1 saturated heterocycles. The summed E-state index contributed by atoms with van der Waals surface area (Å²) in [6.45, 7) is 1.53. The molecule has 0 aromatic rings. The van der Waals surface area contributed by atoms with Crippen molar-refractivity contribution < 1.29 is 5.11 Å². The minimum Gasteiger partial charge on any atom is -0.395 e. The lowest BCUT2D eigenvalue weighted by Gasteiger charge is -2.40. The zero-order chi connectivity index (χ0) is 10.7. The van der Waals surface area contributed by atoms with Crippen LogP contribution in [-0.2, 0) is 0 Å². The molecule has 0 aromatic carbocycles. The minimum absolute atomic E-state index is 0.340. The Morgan fingerprint density at radius 2 is 2.00 bits per heavy atom. The van der Waals surface area contributed by atoms with E-state index in [9.17, 15) is 5.11 Å². The molecule has 0 unspecified atom stereocenters. The van der Waals surface area contributed by atoms with Crippen LogP contribution < -0.4 is 5.32 Å². The molecule has 0 radical (unpaired) electrons. The molecule has 1 aliphatic carbocycles. The van der Waals surface area contributed by atoms with E-state index in [1.54, 1.807) is 0 Å². The summed E-state index contributed by atoms with van der Waals surface area (Å²) in [5, 5.41) is 12.8. The number of nitrogens with one attached hydrogen (secondary N) is 1. The van der Waals surface area contributed by atoms with Gasteiger partial charge in [-0.2, -0.15) is 0 Å². The summed E-state index contributed by atoms with van der Waals surface area (Å²) in [5.74, 6) is 0. The maximum absolute atomic E-state index is 9.36. The predicted octanol–water partition coefficient (Wildman–Crippen LogP) is 0.974. The van der Waals surface area contributed by atoms with Gasteiger partial charge in [0.05, 0.1) is 6.61 Å². The molecule has 88 valence electrons. The van der Waals surface area contributed by atoms with E-state index in [1.807, 2.05) is 0 Å². The monoisotopic (exact) mass is 212 g/mol. The molecule has 15 heavy (non-hydrogen) atoms. The van der Waals surface area contributed by atoms with E-state index in [4.69, 9.17) is 0 Å². The smallest absolute Gasteiger partial charge is 0.0587 e. The average molecular weight is 212 g/mol. The molecule has 2 rings (SSSR count). The summed E-state index contributed by atoms with van der Waals surface area (Å²) in [5.41, 5.74) is 0. The second-order valence-electron chi connectivity index (χ2n) is 4.96. The van der Waals surface area contributed by atoms with Crippen molar-refractivity contribution in [2.45, 2.75) is 56.7 Å². The maximum atomic E-state index is 9.36. The third-order valence-electron chi connectivity index (χ3n) is 4.16. The predicted molar refractivity (Wildman–Crippen MR) is 61.9 cm³/mol. The van der Waals surface area contributed by atoms with E-state index in [0.717, 1.165) is 0 Å². The first-order chi connectivity index (χ1) is 7.36. The van der Waals surface area contributed by atoms with Crippen molar-refractivity contribution in [2.24, 2.45) is 0 Å². The zero-order valence-corrected chi connectivity index (χ0v) is 9.78. The van der Waals surface area contributed by atoms with E-state index in [0.29, 0.717) is 24.7 Å². The number of nitrogens with zero attached hydrogens (tertiary/aromatic N) is 1. The van der Waals surface area contributed by atoms with E-state index in [-0.39, 0.29) is 0 Å². The molecule has 2 fully saturated rings. The first kappa shape index (κ1) is 11.4. The lowest BCUT2D eigenvalue weighted by Crippen LogP contribution is -2.53. The minimum atomic E-state index is 0.340. The molecule has 0 spiro atoms. The third-order valence-corrected chi connectivity index (χ3v) is 4.16.